The average Bonchev–Trinajstić information content (AvgIpc) is 3.63. The number of hydrogen-bond donors (Lipinski definition) is 3. The first-order chi connectivity index (χ1) is 39.7. The van der Waals surface area contributed by atoms with Crippen molar-refractivity contribution in [1.82, 2.24) is 10.6 Å². The fraction of sp³-hybridized carbons (Fsp3) is 0.952. The molecule has 2 saturated heterocycles. The number of carbonyl (C=O) groups is 3. The fourth-order valence-corrected chi connectivity index (χ4v) is 11.6. The van der Waals surface area contributed by atoms with Crippen LogP contribution in [0, 0.1) is 5.92 Å². The molecule has 20 heteroatoms. The molecule has 2 aliphatic rings. The molecular weight excluding hydrogens is 1060 g/mol. The number of carbonyl (C=O) groups excluding carboxylic acids is 3. The Morgan fingerprint density at radius 2 is 1.13 bits per heavy atom. The van der Waals surface area contributed by atoms with Crippen molar-refractivity contribution >= 4 is 17.8 Å². The monoisotopic (exact) mass is 1180 g/mol. The van der Waals surface area contributed by atoms with Gasteiger partial charge in [-0.05, 0) is 18.8 Å². The van der Waals surface area contributed by atoms with Gasteiger partial charge in [-0.2, -0.15) is 0 Å². The Morgan fingerprint density at radius 1 is 0.598 bits per heavy atom. The van der Waals surface area contributed by atoms with Crippen LogP contribution >= 0.6 is 0 Å². The molecule has 0 aromatic heterocycles. The summed E-state index contributed by atoms with van der Waals surface area (Å²) >= 11 is 0. The van der Waals surface area contributed by atoms with Gasteiger partial charge in [0.2, 0.25) is 11.8 Å². The van der Waals surface area contributed by atoms with E-state index in [0.29, 0.717) is 6.42 Å². The maximum Gasteiger partial charge on any atom is 0.366 e. The minimum Gasteiger partial charge on any atom is -0.465 e. The summed E-state index contributed by atoms with van der Waals surface area (Å²) in [5.74, 6) is -3.17. The number of nitrogens with one attached hydrogen (secondary N) is 2. The largest absolute Gasteiger partial charge is 0.465 e. The Labute approximate surface area is 495 Å². The third-order valence-electron chi connectivity index (χ3n) is 16.3. The lowest BCUT2D eigenvalue weighted by Crippen LogP contribution is -2.69. The zero-order chi connectivity index (χ0) is 60.5. The van der Waals surface area contributed by atoms with Crippen LogP contribution in [-0.4, -0.2) is 206 Å². The summed E-state index contributed by atoms with van der Waals surface area (Å²) in [5.41, 5.74) is 0. The van der Waals surface area contributed by atoms with Crippen molar-refractivity contribution in [3.8, 4) is 0 Å². The Hall–Kier alpha value is -2.15. The highest BCUT2D eigenvalue weighted by Gasteiger charge is 2.58. The minimum atomic E-state index is -2.28. The summed E-state index contributed by atoms with van der Waals surface area (Å²) in [6.45, 7) is 6.09. The highest BCUT2D eigenvalue weighted by molar-refractivity contribution is 5.79. The molecule has 0 bridgehead atoms. The summed E-state index contributed by atoms with van der Waals surface area (Å²) in [6.07, 6.45) is 19.7. The molecule has 14 atom stereocenters. The lowest BCUT2D eigenvalue weighted by molar-refractivity contribution is -0.345. The Bertz CT molecular complexity index is 1600. The Kier molecular flexibility index (Phi) is 42.7. The molecule has 0 radical (unpaired) electrons. The van der Waals surface area contributed by atoms with Crippen LogP contribution in [0.2, 0.25) is 0 Å². The quantitative estimate of drug-likeness (QED) is 0.0382. The van der Waals surface area contributed by atoms with E-state index in [-0.39, 0.29) is 31.8 Å². The van der Waals surface area contributed by atoms with E-state index < -0.39 is 104 Å². The Morgan fingerprint density at radius 3 is 1.61 bits per heavy atom. The molecule has 0 aliphatic carbocycles. The molecule has 0 saturated carbocycles. The van der Waals surface area contributed by atoms with Crippen molar-refractivity contribution < 1.29 is 85.8 Å². The van der Waals surface area contributed by atoms with Crippen LogP contribution in [0.4, 0.5) is 0 Å². The van der Waals surface area contributed by atoms with E-state index in [2.05, 4.69) is 31.4 Å². The second-order valence-electron chi connectivity index (χ2n) is 23.0. The maximum atomic E-state index is 14.0. The molecule has 0 aromatic rings. The number of esters is 1. The molecule has 2 fully saturated rings. The third-order valence-corrected chi connectivity index (χ3v) is 16.3. The zero-order valence-corrected chi connectivity index (χ0v) is 53.4. The molecule has 0 spiro atoms. The van der Waals surface area contributed by atoms with Gasteiger partial charge in [0.25, 0.3) is 5.79 Å². The summed E-state index contributed by atoms with van der Waals surface area (Å²) in [7, 11) is 14.7. The fourth-order valence-electron chi connectivity index (χ4n) is 11.6. The standard InChI is InChI=1S/C62H118N2O18/c1-14-15-16-17-18-19-20-21-22-23-24-25-30-33-36-39-51(66)63-46(54(73-8)48(71-6)38-35-32-29-27-26-28-31-34-37-45(2)3)41-79-60-59(77-12)58(76-11)56(75-10)50(81-60)43-80-62(61(68)78-13)40-47(65)53(64-52(67)44-70-5)57(82-62)55(74-9)49(72-7)42-69-4/h45-50,53-60,65H,14-44H2,1-13H3,(H,63,66)(H,64,67)/t46-,47-,48+,49-,50+,53+,54-,55-,56+,57+,58-,59+,60+,62+/m0/s1. The van der Waals surface area contributed by atoms with Gasteiger partial charge in [0, 0.05) is 76.8 Å². The molecule has 0 aromatic carbocycles. The summed E-state index contributed by atoms with van der Waals surface area (Å²) in [4.78, 5) is 40.9. The van der Waals surface area contributed by atoms with E-state index in [0.717, 1.165) is 50.9 Å². The van der Waals surface area contributed by atoms with Crippen LogP contribution < -0.4 is 10.6 Å². The number of unbranched alkanes of at least 4 members (excludes halogenated alkanes) is 21. The predicted octanol–water partition coefficient (Wildman–Crippen LogP) is 8.95. The minimum absolute atomic E-state index is 0.0297. The number of ether oxygens (including phenoxy) is 14. The first-order valence-corrected chi connectivity index (χ1v) is 31.3. The van der Waals surface area contributed by atoms with Crippen molar-refractivity contribution in [2.45, 2.75) is 279 Å². The maximum absolute atomic E-state index is 14.0. The molecule has 2 rings (SSSR count). The van der Waals surface area contributed by atoms with Gasteiger partial charge in [-0.25, -0.2) is 4.79 Å². The second kappa shape index (κ2) is 46.1. The van der Waals surface area contributed by atoms with E-state index >= 15 is 0 Å². The van der Waals surface area contributed by atoms with Gasteiger partial charge >= 0.3 is 5.97 Å². The van der Waals surface area contributed by atoms with Crippen molar-refractivity contribution in [3.63, 3.8) is 0 Å². The van der Waals surface area contributed by atoms with Crippen LogP contribution in [0.1, 0.15) is 194 Å². The first kappa shape index (κ1) is 75.9. The van der Waals surface area contributed by atoms with E-state index in [1.165, 1.54) is 172 Å². The summed E-state index contributed by atoms with van der Waals surface area (Å²) < 4.78 is 84.1. The Balaban J connectivity index is 2.34. The SMILES string of the molecule is CCCCCCCCCCCCCCCCCC(=O)N[C@@H](CO[C@@H]1O[C@H](CO[C@]2(C(=O)OC)C[C@H](O)[C@@H](NC(=O)COC)[C@H]([C@@H](OC)[C@H](COC)OC)O2)[C@@H](OC)[C@H](OC)[C@H]1OC)[C@H](OC)[C@@H](CCCCCCCCCCC(C)C)OC. The lowest BCUT2D eigenvalue weighted by atomic mass is 9.88. The molecule has 0 unspecified atom stereocenters. The van der Waals surface area contributed by atoms with Crippen LogP contribution in [-0.2, 0) is 80.7 Å². The van der Waals surface area contributed by atoms with E-state index in [4.69, 9.17) is 66.3 Å². The number of aliphatic hydroxyl groups excluding tert-OH is 1. The van der Waals surface area contributed by atoms with Gasteiger partial charge in [0.05, 0.1) is 51.2 Å². The predicted molar refractivity (Wildman–Crippen MR) is 315 cm³/mol. The van der Waals surface area contributed by atoms with E-state index in [1.807, 2.05) is 0 Å². The summed E-state index contributed by atoms with van der Waals surface area (Å²) in [5, 5.41) is 17.9. The number of rotatable bonds is 51. The number of methoxy groups -OCH3 is 10. The normalized spacial score (nSPS) is 24.9. The smallest absolute Gasteiger partial charge is 0.366 e. The average molecular weight is 1180 g/mol. The lowest BCUT2D eigenvalue weighted by Gasteiger charge is -2.49. The first-order valence-electron chi connectivity index (χ1n) is 31.3. The topological polar surface area (TPSA) is 225 Å². The van der Waals surface area contributed by atoms with Gasteiger partial charge < -0.3 is 82.1 Å². The van der Waals surface area contributed by atoms with Crippen LogP contribution in [0.3, 0.4) is 0 Å². The molecule has 3 N–H and O–H groups in total. The molecule has 2 heterocycles. The van der Waals surface area contributed by atoms with Gasteiger partial charge in [-0.15, -0.1) is 0 Å². The van der Waals surface area contributed by atoms with Crippen molar-refractivity contribution in [1.29, 1.82) is 0 Å². The van der Waals surface area contributed by atoms with Gasteiger partial charge in [0.1, 0.15) is 55.4 Å². The van der Waals surface area contributed by atoms with E-state index in [9.17, 15) is 19.5 Å². The van der Waals surface area contributed by atoms with E-state index in [1.54, 1.807) is 14.2 Å². The zero-order valence-electron chi connectivity index (χ0n) is 53.4. The van der Waals surface area contributed by atoms with Crippen molar-refractivity contribution in [2.24, 2.45) is 5.92 Å². The highest BCUT2D eigenvalue weighted by atomic mass is 16.8. The van der Waals surface area contributed by atoms with Gasteiger partial charge in [0.15, 0.2) is 6.29 Å². The molecule has 82 heavy (non-hydrogen) atoms. The molecule has 2 aliphatic heterocycles. The van der Waals surface area contributed by atoms with Crippen molar-refractivity contribution in [2.75, 3.05) is 97.5 Å². The second-order valence-corrected chi connectivity index (χ2v) is 23.0. The third kappa shape index (κ3) is 27.7. The van der Waals surface area contributed by atoms with Gasteiger partial charge in [-0.1, -0.05) is 168 Å². The number of amides is 2. The summed E-state index contributed by atoms with van der Waals surface area (Å²) in [6, 6.07) is -1.80. The van der Waals surface area contributed by atoms with Crippen molar-refractivity contribution in [3.05, 3.63) is 0 Å². The van der Waals surface area contributed by atoms with Crippen LogP contribution in [0.5, 0.6) is 0 Å². The molecule has 2 amide bonds. The van der Waals surface area contributed by atoms with Crippen LogP contribution in [0.25, 0.3) is 0 Å². The highest BCUT2D eigenvalue weighted by Crippen LogP contribution is 2.37. The number of aliphatic hydroxyl groups is 1. The molecule has 484 valence electrons. The molecular formula is C62H118N2O18. The van der Waals surface area contributed by atoms with Crippen LogP contribution in [0.15, 0.2) is 0 Å². The number of hydrogen-bond acceptors (Lipinski definition) is 18. The van der Waals surface area contributed by atoms with Gasteiger partial charge in [-0.3, -0.25) is 9.59 Å². The molecule has 20 nitrogen and oxygen atoms in total.